The molecule has 2 unspecified atom stereocenters. The van der Waals surface area contributed by atoms with Gasteiger partial charge in [-0.2, -0.15) is 0 Å². The minimum Gasteiger partial charge on any atom is -0.381 e. The van der Waals surface area contributed by atoms with E-state index in [1.54, 1.807) is 0 Å². The zero-order valence-electron chi connectivity index (χ0n) is 13.3. The summed E-state index contributed by atoms with van der Waals surface area (Å²) < 4.78 is 17.5. The van der Waals surface area contributed by atoms with Gasteiger partial charge >= 0.3 is 0 Å². The largest absolute Gasteiger partial charge is 0.381 e. The molecule has 3 heterocycles. The number of ether oxygens (including phenoxy) is 3. The second-order valence-corrected chi connectivity index (χ2v) is 6.63. The highest BCUT2D eigenvalue weighted by Gasteiger charge is 2.39. The molecule has 3 aliphatic heterocycles. The van der Waals surface area contributed by atoms with Gasteiger partial charge in [0.05, 0.1) is 18.3 Å². The summed E-state index contributed by atoms with van der Waals surface area (Å²) >= 11 is 0. The Morgan fingerprint density at radius 3 is 2.86 bits per heavy atom. The van der Waals surface area contributed by atoms with Crippen molar-refractivity contribution in [1.82, 2.24) is 10.2 Å². The molecule has 21 heavy (non-hydrogen) atoms. The molecule has 0 bridgehead atoms. The Bertz CT molecular complexity index is 315. The molecule has 0 saturated carbocycles. The molecule has 1 spiro atoms. The summed E-state index contributed by atoms with van der Waals surface area (Å²) in [6.45, 7) is 9.91. The Kier molecular flexibility index (Phi) is 5.51. The van der Waals surface area contributed by atoms with Crippen LogP contribution in [0.5, 0.6) is 0 Å². The highest BCUT2D eigenvalue weighted by atomic mass is 16.5. The van der Waals surface area contributed by atoms with Crippen molar-refractivity contribution in [2.24, 2.45) is 0 Å². The van der Waals surface area contributed by atoms with E-state index in [1.165, 1.54) is 0 Å². The smallest absolute Gasteiger partial charge is 0.0826 e. The van der Waals surface area contributed by atoms with Gasteiger partial charge in [-0.05, 0) is 32.2 Å². The second-order valence-electron chi connectivity index (χ2n) is 6.63. The van der Waals surface area contributed by atoms with Gasteiger partial charge in [-0.1, -0.05) is 6.92 Å². The predicted molar refractivity (Wildman–Crippen MR) is 81.6 cm³/mol. The van der Waals surface area contributed by atoms with Gasteiger partial charge in [-0.25, -0.2) is 0 Å². The zero-order valence-corrected chi connectivity index (χ0v) is 13.3. The fourth-order valence-corrected chi connectivity index (χ4v) is 3.78. The van der Waals surface area contributed by atoms with Crippen LogP contribution < -0.4 is 5.32 Å². The molecule has 3 saturated heterocycles. The molecule has 0 amide bonds. The molecule has 2 atom stereocenters. The molecule has 0 radical (unpaired) electrons. The third-order valence-corrected chi connectivity index (χ3v) is 5.20. The van der Waals surface area contributed by atoms with E-state index < -0.39 is 0 Å². The summed E-state index contributed by atoms with van der Waals surface area (Å²) in [6.07, 6.45) is 4.68. The molecular formula is C16H30N2O3. The molecule has 0 aliphatic carbocycles. The van der Waals surface area contributed by atoms with Crippen molar-refractivity contribution in [2.45, 2.75) is 50.4 Å². The number of nitrogens with one attached hydrogen (secondary N) is 1. The first-order chi connectivity index (χ1) is 10.3. The number of morpholine rings is 1. The molecule has 0 aromatic heterocycles. The van der Waals surface area contributed by atoms with Gasteiger partial charge in [0.1, 0.15) is 0 Å². The van der Waals surface area contributed by atoms with Crippen LogP contribution in [0.4, 0.5) is 0 Å². The predicted octanol–water partition coefficient (Wildman–Crippen LogP) is 1.02. The first kappa shape index (κ1) is 15.7. The third-order valence-electron chi connectivity index (χ3n) is 5.20. The van der Waals surface area contributed by atoms with Crippen LogP contribution in [-0.4, -0.2) is 75.3 Å². The third kappa shape index (κ3) is 4.17. The van der Waals surface area contributed by atoms with Crippen molar-refractivity contribution in [3.05, 3.63) is 0 Å². The lowest BCUT2D eigenvalue weighted by Gasteiger charge is -2.44. The van der Waals surface area contributed by atoms with Gasteiger partial charge in [-0.15, -0.1) is 0 Å². The molecule has 3 rings (SSSR count). The molecule has 0 aromatic carbocycles. The minimum absolute atomic E-state index is 0.0804. The topological polar surface area (TPSA) is 43.0 Å². The van der Waals surface area contributed by atoms with Crippen molar-refractivity contribution >= 4 is 0 Å². The summed E-state index contributed by atoms with van der Waals surface area (Å²) in [6, 6.07) is 0.567. The van der Waals surface area contributed by atoms with Gasteiger partial charge in [0.2, 0.25) is 0 Å². The molecule has 5 nitrogen and oxygen atoms in total. The van der Waals surface area contributed by atoms with E-state index >= 15 is 0 Å². The first-order valence-corrected chi connectivity index (χ1v) is 8.59. The number of nitrogens with zero attached hydrogens (tertiary/aromatic N) is 1. The van der Waals surface area contributed by atoms with Gasteiger partial charge in [0, 0.05) is 45.5 Å². The number of likely N-dealkylation sites (N-methyl/N-ethyl adjacent to an activating group) is 1. The van der Waals surface area contributed by atoms with Crippen LogP contribution >= 0.6 is 0 Å². The van der Waals surface area contributed by atoms with Crippen molar-refractivity contribution in [3.8, 4) is 0 Å². The maximum Gasteiger partial charge on any atom is 0.0826 e. The summed E-state index contributed by atoms with van der Waals surface area (Å²) in [5, 5.41) is 3.74. The van der Waals surface area contributed by atoms with E-state index in [2.05, 4.69) is 17.1 Å². The van der Waals surface area contributed by atoms with Gasteiger partial charge < -0.3 is 19.5 Å². The average molecular weight is 298 g/mol. The molecule has 1 N–H and O–H groups in total. The van der Waals surface area contributed by atoms with Crippen molar-refractivity contribution in [1.29, 1.82) is 0 Å². The lowest BCUT2D eigenvalue weighted by Crippen LogP contribution is -2.53. The minimum atomic E-state index is 0.0804. The Labute approximate surface area is 128 Å². The fraction of sp³-hybridized carbons (Fsp3) is 1.00. The summed E-state index contributed by atoms with van der Waals surface area (Å²) in [4.78, 5) is 2.47. The lowest BCUT2D eigenvalue weighted by atomic mass is 9.84. The molecule has 3 aliphatic rings. The highest BCUT2D eigenvalue weighted by molar-refractivity contribution is 4.92. The molecule has 5 heteroatoms. The zero-order chi connectivity index (χ0) is 14.5. The summed E-state index contributed by atoms with van der Waals surface area (Å²) in [5.74, 6) is 0. The van der Waals surface area contributed by atoms with E-state index in [4.69, 9.17) is 14.2 Å². The van der Waals surface area contributed by atoms with Crippen LogP contribution in [0.3, 0.4) is 0 Å². The van der Waals surface area contributed by atoms with E-state index in [9.17, 15) is 0 Å². The Hall–Kier alpha value is -0.200. The molecule has 3 fully saturated rings. The maximum atomic E-state index is 6.10. The van der Waals surface area contributed by atoms with E-state index in [0.29, 0.717) is 12.1 Å². The summed E-state index contributed by atoms with van der Waals surface area (Å²) in [7, 11) is 0. The molecule has 122 valence electrons. The Morgan fingerprint density at radius 2 is 2.05 bits per heavy atom. The van der Waals surface area contributed by atoms with Crippen molar-refractivity contribution in [2.75, 3.05) is 52.6 Å². The van der Waals surface area contributed by atoms with E-state index in [1.807, 2.05) is 0 Å². The number of hydrogen-bond donors (Lipinski definition) is 1. The Morgan fingerprint density at radius 1 is 1.19 bits per heavy atom. The normalized spacial score (nSPS) is 34.1. The Balaban J connectivity index is 1.44. The SMILES string of the molecule is CCN1CCOC(CNC2CCOC3(CCOCC3)C2)C1. The standard InChI is InChI=1S/C16H30N2O3/c1-2-18-6-10-20-15(13-18)12-17-14-3-7-21-16(11-14)4-8-19-9-5-16/h14-15,17H,2-13H2,1H3. The first-order valence-electron chi connectivity index (χ1n) is 8.59. The second kappa shape index (κ2) is 7.38. The van der Waals surface area contributed by atoms with Crippen molar-refractivity contribution in [3.63, 3.8) is 0 Å². The van der Waals surface area contributed by atoms with Gasteiger partial charge in [0.15, 0.2) is 0 Å². The maximum absolute atomic E-state index is 6.10. The lowest BCUT2D eigenvalue weighted by molar-refractivity contribution is -0.141. The van der Waals surface area contributed by atoms with Crippen LogP contribution in [0, 0.1) is 0 Å². The van der Waals surface area contributed by atoms with Crippen molar-refractivity contribution < 1.29 is 14.2 Å². The number of hydrogen-bond acceptors (Lipinski definition) is 5. The van der Waals surface area contributed by atoms with Crippen LogP contribution in [0.2, 0.25) is 0 Å². The fourth-order valence-electron chi connectivity index (χ4n) is 3.78. The number of rotatable bonds is 4. The van der Waals surface area contributed by atoms with Crippen LogP contribution in [0.25, 0.3) is 0 Å². The summed E-state index contributed by atoms with van der Waals surface area (Å²) in [5.41, 5.74) is 0.0804. The quantitative estimate of drug-likeness (QED) is 0.839. The van der Waals surface area contributed by atoms with E-state index in [-0.39, 0.29) is 5.60 Å². The molecular weight excluding hydrogens is 268 g/mol. The van der Waals surface area contributed by atoms with Crippen LogP contribution in [0.15, 0.2) is 0 Å². The van der Waals surface area contributed by atoms with Crippen LogP contribution in [0.1, 0.15) is 32.6 Å². The highest BCUT2D eigenvalue weighted by Crippen LogP contribution is 2.34. The average Bonchev–Trinajstić information content (AvgIpc) is 2.54. The van der Waals surface area contributed by atoms with E-state index in [0.717, 1.165) is 78.3 Å². The molecule has 0 aromatic rings. The van der Waals surface area contributed by atoms with Gasteiger partial charge in [0.25, 0.3) is 0 Å². The van der Waals surface area contributed by atoms with Gasteiger partial charge in [-0.3, -0.25) is 4.90 Å². The monoisotopic (exact) mass is 298 g/mol. The van der Waals surface area contributed by atoms with Crippen LogP contribution in [-0.2, 0) is 14.2 Å².